The van der Waals surface area contributed by atoms with Gasteiger partial charge in [0.15, 0.2) is 5.13 Å². The van der Waals surface area contributed by atoms with Crippen LogP contribution in [0.25, 0.3) is 11.4 Å². The molecule has 0 spiro atoms. The number of aromatic carboxylic acids is 1. The smallest absolute Gasteiger partial charge is 0.347 e. The molecule has 4 rings (SSSR count). The van der Waals surface area contributed by atoms with Crippen molar-refractivity contribution in [3.05, 3.63) is 46.3 Å². The summed E-state index contributed by atoms with van der Waals surface area (Å²) in [4.78, 5) is 44.4. The third kappa shape index (κ3) is 4.45. The Morgan fingerprint density at radius 1 is 1.19 bits per heavy atom. The molecule has 0 atom stereocenters. The molecule has 0 unspecified atom stereocenters. The highest BCUT2D eigenvalue weighted by molar-refractivity contribution is 7.17. The Morgan fingerprint density at radius 3 is 2.61 bits per heavy atom. The van der Waals surface area contributed by atoms with Crippen LogP contribution in [-0.4, -0.2) is 44.1 Å². The van der Waals surface area contributed by atoms with Crippen molar-refractivity contribution in [3.63, 3.8) is 0 Å². The van der Waals surface area contributed by atoms with Crippen LogP contribution in [0.2, 0.25) is 0 Å². The summed E-state index contributed by atoms with van der Waals surface area (Å²) in [6, 6.07) is 6.80. The summed E-state index contributed by atoms with van der Waals surface area (Å²) in [5.41, 5.74) is 1.51. The molecular formula is C20H19N5O5S. The minimum absolute atomic E-state index is 0.104. The number of rotatable bonds is 6. The zero-order chi connectivity index (χ0) is 22.1. The number of carboxylic acid groups (broad SMARTS) is 1. The number of hydrogen-bond acceptors (Lipinski definition) is 8. The summed E-state index contributed by atoms with van der Waals surface area (Å²) in [6.45, 7) is 3.27. The summed E-state index contributed by atoms with van der Waals surface area (Å²) < 4.78 is 4.97. The van der Waals surface area contributed by atoms with E-state index in [9.17, 15) is 14.4 Å². The largest absolute Gasteiger partial charge is 0.477 e. The van der Waals surface area contributed by atoms with E-state index in [0.29, 0.717) is 41.4 Å². The number of anilines is 1. The molecule has 2 aromatic heterocycles. The monoisotopic (exact) mass is 441 g/mol. The number of hydrogen-bond donors (Lipinski definition) is 3. The Labute approximate surface area is 180 Å². The first kappa shape index (κ1) is 20.7. The zero-order valence-electron chi connectivity index (χ0n) is 16.7. The maximum atomic E-state index is 12.6. The van der Waals surface area contributed by atoms with Gasteiger partial charge in [-0.15, -0.1) is 0 Å². The first-order valence-electron chi connectivity index (χ1n) is 9.53. The van der Waals surface area contributed by atoms with Gasteiger partial charge in [-0.2, -0.15) is 4.98 Å². The first-order chi connectivity index (χ1) is 14.8. The van der Waals surface area contributed by atoms with E-state index in [0.717, 1.165) is 11.3 Å². The lowest BCUT2D eigenvalue weighted by Gasteiger charge is -2.34. The molecule has 11 heteroatoms. The number of carbonyl (C=O) groups excluding carboxylic acids is 2. The van der Waals surface area contributed by atoms with E-state index in [2.05, 4.69) is 25.8 Å². The summed E-state index contributed by atoms with van der Waals surface area (Å²) in [6.07, 6.45) is 0.995. The lowest BCUT2D eigenvalue weighted by atomic mass is 9.79. The second-order valence-electron chi connectivity index (χ2n) is 7.28. The minimum Gasteiger partial charge on any atom is -0.477 e. The number of nitrogens with zero attached hydrogens (tertiary/aromatic N) is 3. The van der Waals surface area contributed by atoms with Crippen molar-refractivity contribution < 1.29 is 24.0 Å². The van der Waals surface area contributed by atoms with Crippen LogP contribution in [0.5, 0.6) is 0 Å². The fourth-order valence-corrected chi connectivity index (χ4v) is 4.10. The number of carboxylic acids is 1. The van der Waals surface area contributed by atoms with Crippen molar-refractivity contribution in [1.29, 1.82) is 0 Å². The molecule has 1 saturated carbocycles. The van der Waals surface area contributed by atoms with Crippen molar-refractivity contribution >= 4 is 34.3 Å². The van der Waals surface area contributed by atoms with Gasteiger partial charge in [-0.3, -0.25) is 9.59 Å². The predicted molar refractivity (Wildman–Crippen MR) is 111 cm³/mol. The van der Waals surface area contributed by atoms with Crippen LogP contribution in [0, 0.1) is 19.8 Å². The normalized spacial score (nSPS) is 17.6. The van der Waals surface area contributed by atoms with Gasteiger partial charge in [0.25, 0.3) is 5.91 Å². The van der Waals surface area contributed by atoms with E-state index in [1.54, 1.807) is 38.1 Å². The minimum atomic E-state index is -1.07. The van der Waals surface area contributed by atoms with Crippen LogP contribution in [0.15, 0.2) is 28.8 Å². The van der Waals surface area contributed by atoms with E-state index < -0.39 is 5.97 Å². The quantitative estimate of drug-likeness (QED) is 0.529. The highest BCUT2D eigenvalue weighted by Gasteiger charge is 2.36. The third-order valence-corrected chi connectivity index (χ3v) is 6.04. The Bertz CT molecular complexity index is 1160. The van der Waals surface area contributed by atoms with Gasteiger partial charge in [-0.1, -0.05) is 28.6 Å². The number of carbonyl (C=O) groups is 3. The molecule has 1 aliphatic carbocycles. The van der Waals surface area contributed by atoms with Gasteiger partial charge in [0.05, 0.1) is 5.69 Å². The lowest BCUT2D eigenvalue weighted by Crippen LogP contribution is -2.48. The molecule has 1 aliphatic rings. The summed E-state index contributed by atoms with van der Waals surface area (Å²) in [5.74, 6) is -0.957. The van der Waals surface area contributed by atoms with Gasteiger partial charge in [0.2, 0.25) is 17.6 Å². The van der Waals surface area contributed by atoms with E-state index in [-0.39, 0.29) is 33.8 Å². The molecule has 1 aromatic carbocycles. The Balaban J connectivity index is 1.31. The second kappa shape index (κ2) is 8.26. The second-order valence-corrected chi connectivity index (χ2v) is 8.28. The van der Waals surface area contributed by atoms with Gasteiger partial charge in [-0.25, -0.2) is 9.78 Å². The van der Waals surface area contributed by atoms with Crippen molar-refractivity contribution in [3.8, 4) is 11.4 Å². The Morgan fingerprint density at radius 2 is 1.97 bits per heavy atom. The summed E-state index contributed by atoms with van der Waals surface area (Å²) in [7, 11) is 0. The van der Waals surface area contributed by atoms with Crippen molar-refractivity contribution in [2.75, 3.05) is 5.32 Å². The molecule has 10 nitrogen and oxygen atoms in total. The zero-order valence-corrected chi connectivity index (χ0v) is 17.5. The molecule has 0 radical (unpaired) electrons. The van der Waals surface area contributed by atoms with Crippen LogP contribution in [0.3, 0.4) is 0 Å². The van der Waals surface area contributed by atoms with Gasteiger partial charge in [0.1, 0.15) is 4.88 Å². The van der Waals surface area contributed by atoms with Gasteiger partial charge < -0.3 is 20.3 Å². The van der Waals surface area contributed by atoms with Crippen LogP contribution < -0.4 is 10.6 Å². The topological polar surface area (TPSA) is 147 Å². The van der Waals surface area contributed by atoms with Crippen molar-refractivity contribution in [2.45, 2.75) is 32.7 Å². The fraction of sp³-hybridized carbons (Fsp3) is 0.300. The van der Waals surface area contributed by atoms with Crippen LogP contribution in [-0.2, 0) is 4.79 Å². The number of nitrogens with one attached hydrogen (secondary N) is 2. The molecule has 3 N–H and O–H groups in total. The van der Waals surface area contributed by atoms with E-state index in [4.69, 9.17) is 9.63 Å². The SMILES string of the molecule is Cc1nc(-c2cccc(C(=O)NC3CC(C(=O)Nc4nc(C)c(C(=O)O)s4)C3)c2)no1. The number of amides is 2. The third-order valence-electron chi connectivity index (χ3n) is 4.98. The highest BCUT2D eigenvalue weighted by Crippen LogP contribution is 2.30. The van der Waals surface area contributed by atoms with Gasteiger partial charge in [0, 0.05) is 30.0 Å². The summed E-state index contributed by atoms with van der Waals surface area (Å²) >= 11 is 0.928. The number of aryl methyl sites for hydroxylation is 2. The molecular weight excluding hydrogens is 422 g/mol. The first-order valence-corrected chi connectivity index (χ1v) is 10.3. The average Bonchev–Trinajstić information content (AvgIpc) is 3.29. The molecule has 1 fully saturated rings. The van der Waals surface area contributed by atoms with E-state index >= 15 is 0 Å². The van der Waals surface area contributed by atoms with Gasteiger partial charge in [-0.05, 0) is 31.9 Å². The molecule has 2 heterocycles. The van der Waals surface area contributed by atoms with Crippen LogP contribution in [0.4, 0.5) is 5.13 Å². The molecule has 0 bridgehead atoms. The van der Waals surface area contributed by atoms with Crippen molar-refractivity contribution in [2.24, 2.45) is 5.92 Å². The average molecular weight is 441 g/mol. The molecule has 0 saturated heterocycles. The molecule has 2 amide bonds. The standard InChI is InChI=1S/C20H19N5O5S/c1-9-15(19(28)29)31-20(21-9)24-18(27)13-7-14(8-13)23-17(26)12-5-3-4-11(6-12)16-22-10(2)30-25-16/h3-6,13-14H,7-8H2,1-2H3,(H,23,26)(H,28,29)(H,21,24,27). The number of benzene rings is 1. The maximum absolute atomic E-state index is 12.6. The van der Waals surface area contributed by atoms with E-state index in [1.165, 1.54) is 0 Å². The van der Waals surface area contributed by atoms with Crippen molar-refractivity contribution in [1.82, 2.24) is 20.4 Å². The number of thiazole rings is 1. The van der Waals surface area contributed by atoms with E-state index in [1.807, 2.05) is 0 Å². The predicted octanol–water partition coefficient (Wildman–Crippen LogP) is 2.66. The maximum Gasteiger partial charge on any atom is 0.347 e. The Kier molecular flexibility index (Phi) is 5.51. The molecule has 160 valence electrons. The van der Waals surface area contributed by atoms with Gasteiger partial charge >= 0.3 is 5.97 Å². The highest BCUT2D eigenvalue weighted by atomic mass is 32.1. The summed E-state index contributed by atoms with van der Waals surface area (Å²) in [5, 5.41) is 18.8. The fourth-order valence-electron chi connectivity index (χ4n) is 3.29. The lowest BCUT2D eigenvalue weighted by molar-refractivity contribution is -0.122. The molecule has 0 aliphatic heterocycles. The van der Waals surface area contributed by atoms with Crippen LogP contribution in [0.1, 0.15) is 44.5 Å². The molecule has 31 heavy (non-hydrogen) atoms. The Hall–Kier alpha value is -3.60. The molecule has 3 aromatic rings. The number of aromatic nitrogens is 3. The van der Waals surface area contributed by atoms with Crippen LogP contribution >= 0.6 is 11.3 Å².